The van der Waals surface area contributed by atoms with Gasteiger partial charge in [-0.1, -0.05) is 0 Å². The van der Waals surface area contributed by atoms with Crippen molar-refractivity contribution >= 4 is 17.7 Å². The number of esters is 1. The van der Waals surface area contributed by atoms with Crippen LogP contribution in [0.5, 0.6) is 0 Å². The minimum Gasteiger partial charge on any atom is -0.465 e. The molecule has 1 unspecified atom stereocenters. The maximum absolute atomic E-state index is 11.3. The van der Waals surface area contributed by atoms with Crippen molar-refractivity contribution in [2.45, 2.75) is 13.0 Å². The first kappa shape index (κ1) is 9.86. The summed E-state index contributed by atoms with van der Waals surface area (Å²) in [5.74, 6) is 1.91. The van der Waals surface area contributed by atoms with Gasteiger partial charge in [-0.05, 0) is 14.0 Å². The maximum Gasteiger partial charge on any atom is 0.324 e. The monoisotopic (exact) mass is 189 g/mol. The van der Waals surface area contributed by atoms with Crippen LogP contribution >= 0.6 is 11.8 Å². The average molecular weight is 189 g/mol. The van der Waals surface area contributed by atoms with E-state index in [-0.39, 0.29) is 12.0 Å². The number of carbonyl (C=O) groups is 1. The zero-order valence-corrected chi connectivity index (χ0v) is 8.39. The van der Waals surface area contributed by atoms with Crippen molar-refractivity contribution in [3.05, 3.63) is 0 Å². The van der Waals surface area contributed by atoms with Gasteiger partial charge < -0.3 is 4.74 Å². The van der Waals surface area contributed by atoms with Crippen molar-refractivity contribution in [2.75, 3.05) is 31.7 Å². The standard InChI is InChI=1S/C8H15NO2S/c1-3-11-8(10)7-6-12-5-4-9(7)2/h7H,3-6H2,1-2H3. The molecule has 0 aromatic rings. The van der Waals surface area contributed by atoms with E-state index in [2.05, 4.69) is 4.90 Å². The summed E-state index contributed by atoms with van der Waals surface area (Å²) in [6.45, 7) is 3.30. The second-order valence-corrected chi connectivity index (χ2v) is 3.97. The SMILES string of the molecule is CCOC(=O)C1CSCCN1C. The summed E-state index contributed by atoms with van der Waals surface area (Å²) < 4.78 is 4.96. The van der Waals surface area contributed by atoms with E-state index in [1.807, 2.05) is 25.7 Å². The Morgan fingerprint density at radius 3 is 3.08 bits per heavy atom. The zero-order chi connectivity index (χ0) is 8.97. The molecule has 0 aromatic heterocycles. The van der Waals surface area contributed by atoms with Crippen molar-refractivity contribution in [2.24, 2.45) is 0 Å². The molecule has 0 aromatic carbocycles. The van der Waals surface area contributed by atoms with Gasteiger partial charge in [0.2, 0.25) is 0 Å². The molecule has 4 heteroatoms. The number of likely N-dealkylation sites (N-methyl/N-ethyl adjacent to an activating group) is 1. The van der Waals surface area contributed by atoms with E-state index in [0.29, 0.717) is 6.61 Å². The topological polar surface area (TPSA) is 29.5 Å². The molecule has 0 saturated carbocycles. The highest BCUT2D eigenvalue weighted by atomic mass is 32.2. The van der Waals surface area contributed by atoms with Gasteiger partial charge in [0.15, 0.2) is 0 Å². The Hall–Kier alpha value is -0.220. The van der Waals surface area contributed by atoms with Gasteiger partial charge >= 0.3 is 5.97 Å². The van der Waals surface area contributed by atoms with Crippen LogP contribution in [0.4, 0.5) is 0 Å². The number of rotatable bonds is 2. The Bertz CT molecular complexity index is 163. The molecule has 1 heterocycles. The predicted octanol–water partition coefficient (Wildman–Crippen LogP) is 0.597. The van der Waals surface area contributed by atoms with Gasteiger partial charge in [-0.3, -0.25) is 9.69 Å². The smallest absolute Gasteiger partial charge is 0.324 e. The second-order valence-electron chi connectivity index (χ2n) is 2.82. The number of ether oxygens (including phenoxy) is 1. The first-order chi connectivity index (χ1) is 5.75. The normalized spacial score (nSPS) is 25.3. The molecule has 0 spiro atoms. The molecular weight excluding hydrogens is 174 g/mol. The Labute approximate surface area is 77.4 Å². The van der Waals surface area contributed by atoms with E-state index in [9.17, 15) is 4.79 Å². The molecule has 1 saturated heterocycles. The average Bonchev–Trinajstić information content (AvgIpc) is 2.05. The van der Waals surface area contributed by atoms with Gasteiger partial charge in [0.1, 0.15) is 6.04 Å². The minimum atomic E-state index is -0.0767. The van der Waals surface area contributed by atoms with E-state index in [1.54, 1.807) is 0 Å². The van der Waals surface area contributed by atoms with E-state index >= 15 is 0 Å². The van der Waals surface area contributed by atoms with Crippen LogP contribution in [-0.2, 0) is 9.53 Å². The molecule has 0 aliphatic carbocycles. The number of hydrogen-bond acceptors (Lipinski definition) is 4. The van der Waals surface area contributed by atoms with Crippen LogP contribution in [0, 0.1) is 0 Å². The third-order valence-corrected chi connectivity index (χ3v) is 2.98. The molecule has 3 nitrogen and oxygen atoms in total. The van der Waals surface area contributed by atoms with Crippen molar-refractivity contribution in [1.29, 1.82) is 0 Å². The fraction of sp³-hybridized carbons (Fsp3) is 0.875. The van der Waals surface area contributed by atoms with Gasteiger partial charge in [0.25, 0.3) is 0 Å². The molecule has 0 radical (unpaired) electrons. The van der Waals surface area contributed by atoms with Crippen LogP contribution in [0.15, 0.2) is 0 Å². The van der Waals surface area contributed by atoms with Crippen molar-refractivity contribution < 1.29 is 9.53 Å². The highest BCUT2D eigenvalue weighted by Crippen LogP contribution is 2.15. The van der Waals surface area contributed by atoms with Crippen LogP contribution in [0.25, 0.3) is 0 Å². The summed E-state index contributed by atoms with van der Waals surface area (Å²) in [5.41, 5.74) is 0. The van der Waals surface area contributed by atoms with E-state index in [0.717, 1.165) is 18.1 Å². The lowest BCUT2D eigenvalue weighted by atomic mass is 10.3. The molecular formula is C8H15NO2S. The molecule has 1 rings (SSSR count). The first-order valence-corrected chi connectivity index (χ1v) is 5.35. The fourth-order valence-electron chi connectivity index (χ4n) is 1.17. The zero-order valence-electron chi connectivity index (χ0n) is 7.58. The van der Waals surface area contributed by atoms with Gasteiger partial charge in [0.05, 0.1) is 6.61 Å². The van der Waals surface area contributed by atoms with Crippen LogP contribution < -0.4 is 0 Å². The third-order valence-electron chi connectivity index (χ3n) is 1.95. The predicted molar refractivity (Wildman–Crippen MR) is 50.4 cm³/mol. The fourth-order valence-corrected chi connectivity index (χ4v) is 2.37. The summed E-state index contributed by atoms with van der Waals surface area (Å²) in [6, 6.07) is -0.0244. The number of nitrogens with zero attached hydrogens (tertiary/aromatic N) is 1. The summed E-state index contributed by atoms with van der Waals surface area (Å²) in [6.07, 6.45) is 0. The van der Waals surface area contributed by atoms with Gasteiger partial charge in [0, 0.05) is 18.1 Å². The number of hydrogen-bond donors (Lipinski definition) is 0. The van der Waals surface area contributed by atoms with E-state index in [4.69, 9.17) is 4.74 Å². The summed E-state index contributed by atoms with van der Waals surface area (Å²) in [7, 11) is 1.97. The number of carbonyl (C=O) groups excluding carboxylic acids is 1. The highest BCUT2D eigenvalue weighted by Gasteiger charge is 2.26. The Balaban J connectivity index is 2.42. The highest BCUT2D eigenvalue weighted by molar-refractivity contribution is 7.99. The van der Waals surface area contributed by atoms with Crippen LogP contribution in [0.2, 0.25) is 0 Å². The molecule has 0 N–H and O–H groups in total. The summed E-state index contributed by atoms with van der Waals surface area (Å²) >= 11 is 1.82. The lowest BCUT2D eigenvalue weighted by Gasteiger charge is -2.29. The molecule has 1 aliphatic rings. The molecule has 70 valence electrons. The molecule has 1 fully saturated rings. The summed E-state index contributed by atoms with van der Waals surface area (Å²) in [5, 5.41) is 0. The maximum atomic E-state index is 11.3. The molecule has 0 bridgehead atoms. The molecule has 1 atom stereocenters. The van der Waals surface area contributed by atoms with Crippen LogP contribution in [0.1, 0.15) is 6.92 Å². The first-order valence-electron chi connectivity index (χ1n) is 4.20. The minimum absolute atomic E-state index is 0.0244. The van der Waals surface area contributed by atoms with Crippen molar-refractivity contribution in [3.63, 3.8) is 0 Å². The van der Waals surface area contributed by atoms with Crippen LogP contribution in [0.3, 0.4) is 0 Å². The Kier molecular flexibility index (Phi) is 3.88. The van der Waals surface area contributed by atoms with Gasteiger partial charge in [-0.2, -0.15) is 11.8 Å². The van der Waals surface area contributed by atoms with Gasteiger partial charge in [-0.15, -0.1) is 0 Å². The second kappa shape index (κ2) is 4.72. The summed E-state index contributed by atoms with van der Waals surface area (Å²) in [4.78, 5) is 13.4. The van der Waals surface area contributed by atoms with Crippen LogP contribution in [-0.4, -0.2) is 48.6 Å². The lowest BCUT2D eigenvalue weighted by Crippen LogP contribution is -2.45. The van der Waals surface area contributed by atoms with E-state index < -0.39 is 0 Å². The van der Waals surface area contributed by atoms with Crippen molar-refractivity contribution in [3.8, 4) is 0 Å². The Morgan fingerprint density at radius 2 is 2.50 bits per heavy atom. The molecule has 1 aliphatic heterocycles. The van der Waals surface area contributed by atoms with E-state index in [1.165, 1.54) is 0 Å². The third kappa shape index (κ3) is 2.38. The quantitative estimate of drug-likeness (QED) is 0.595. The Morgan fingerprint density at radius 1 is 1.75 bits per heavy atom. The molecule has 12 heavy (non-hydrogen) atoms. The number of thioether (sulfide) groups is 1. The van der Waals surface area contributed by atoms with Gasteiger partial charge in [-0.25, -0.2) is 0 Å². The largest absolute Gasteiger partial charge is 0.465 e. The lowest BCUT2D eigenvalue weighted by molar-refractivity contribution is -0.148. The molecule has 0 amide bonds. The van der Waals surface area contributed by atoms with Crippen molar-refractivity contribution in [1.82, 2.24) is 4.90 Å².